The normalized spacial score (nSPS) is 14.9. The van der Waals surface area contributed by atoms with E-state index in [1.165, 1.54) is 21.9 Å². The number of likely N-dealkylation sites (tertiary alicyclic amines) is 1. The zero-order valence-corrected chi connectivity index (χ0v) is 20.1. The van der Waals surface area contributed by atoms with Crippen molar-refractivity contribution in [2.75, 3.05) is 40.5 Å². The predicted octanol–water partition coefficient (Wildman–Crippen LogP) is 4.41. The molecule has 1 heterocycles. The monoisotopic (exact) mass is 462 g/mol. The fourth-order valence-corrected chi connectivity index (χ4v) is 4.37. The van der Waals surface area contributed by atoms with Crippen LogP contribution in [-0.4, -0.2) is 57.4 Å². The molecular formula is C28H34N2O4. The van der Waals surface area contributed by atoms with Gasteiger partial charge in [-0.15, -0.1) is 0 Å². The van der Waals surface area contributed by atoms with Gasteiger partial charge in [-0.1, -0.05) is 24.3 Å². The number of carbonyl (C=O) groups is 1. The summed E-state index contributed by atoms with van der Waals surface area (Å²) < 4.78 is 15.9. The van der Waals surface area contributed by atoms with Gasteiger partial charge in [0.15, 0.2) is 0 Å². The fraction of sp³-hybridized carbons (Fsp3) is 0.393. The van der Waals surface area contributed by atoms with Crippen molar-refractivity contribution >= 4 is 16.7 Å². The molecule has 1 N–H and O–H groups in total. The number of benzene rings is 3. The topological polar surface area (TPSA) is 60.0 Å². The molecule has 0 spiro atoms. The Labute approximate surface area is 201 Å². The van der Waals surface area contributed by atoms with E-state index in [2.05, 4.69) is 46.6 Å². The lowest BCUT2D eigenvalue weighted by atomic mass is 10.0. The summed E-state index contributed by atoms with van der Waals surface area (Å²) in [6, 6.07) is 20.7. The zero-order valence-electron chi connectivity index (χ0n) is 20.1. The average molecular weight is 463 g/mol. The number of hydrogen-bond donors (Lipinski definition) is 1. The Morgan fingerprint density at radius 1 is 0.912 bits per heavy atom. The van der Waals surface area contributed by atoms with Gasteiger partial charge in [-0.2, -0.15) is 0 Å². The Morgan fingerprint density at radius 3 is 2.32 bits per heavy atom. The first kappa shape index (κ1) is 24.2. The first-order valence-corrected chi connectivity index (χ1v) is 11.9. The average Bonchev–Trinajstić information content (AvgIpc) is 2.87. The van der Waals surface area contributed by atoms with E-state index < -0.39 is 0 Å². The van der Waals surface area contributed by atoms with Crippen LogP contribution in [0.2, 0.25) is 0 Å². The molecule has 3 aromatic rings. The lowest BCUT2D eigenvalue weighted by molar-refractivity contribution is 0.0617. The number of fused-ring (bicyclic) bond motifs is 1. The van der Waals surface area contributed by atoms with Crippen LogP contribution in [0.5, 0.6) is 5.75 Å². The van der Waals surface area contributed by atoms with Gasteiger partial charge in [0.2, 0.25) is 0 Å². The van der Waals surface area contributed by atoms with Gasteiger partial charge in [0.25, 0.3) is 5.91 Å². The molecule has 0 atom stereocenters. The van der Waals surface area contributed by atoms with E-state index in [-0.39, 0.29) is 11.9 Å². The number of methoxy groups -OCH3 is 2. The van der Waals surface area contributed by atoms with Gasteiger partial charge in [0.05, 0.1) is 26.9 Å². The molecular weight excluding hydrogens is 428 g/mol. The smallest absolute Gasteiger partial charge is 0.251 e. The SMILES string of the molecule is COCCOCc1ccc2ccc(CN3CCC(NC(=O)c4ccc(OC)cc4)CC3)cc2c1. The molecule has 1 fully saturated rings. The minimum Gasteiger partial charge on any atom is -0.497 e. The third-order valence-corrected chi connectivity index (χ3v) is 6.35. The van der Waals surface area contributed by atoms with Gasteiger partial charge in [-0.25, -0.2) is 0 Å². The Balaban J connectivity index is 1.28. The molecule has 0 saturated carbocycles. The van der Waals surface area contributed by atoms with Crippen molar-refractivity contribution in [2.45, 2.75) is 32.0 Å². The Kier molecular flexibility index (Phi) is 8.52. The zero-order chi connectivity index (χ0) is 23.8. The highest BCUT2D eigenvalue weighted by Crippen LogP contribution is 2.21. The lowest BCUT2D eigenvalue weighted by Crippen LogP contribution is -2.44. The van der Waals surface area contributed by atoms with Gasteiger partial charge in [-0.05, 0) is 71.1 Å². The third kappa shape index (κ3) is 6.56. The molecule has 1 aliphatic rings. The number of carbonyl (C=O) groups excluding carboxylic acids is 1. The molecule has 1 saturated heterocycles. The summed E-state index contributed by atoms with van der Waals surface area (Å²) in [5.41, 5.74) is 3.16. The second-order valence-electron chi connectivity index (χ2n) is 8.81. The number of rotatable bonds is 10. The van der Waals surface area contributed by atoms with Crippen molar-refractivity contribution in [1.29, 1.82) is 0 Å². The highest BCUT2D eigenvalue weighted by molar-refractivity contribution is 5.94. The van der Waals surface area contributed by atoms with Crippen LogP contribution in [0.15, 0.2) is 60.7 Å². The molecule has 0 aliphatic carbocycles. The first-order valence-electron chi connectivity index (χ1n) is 11.9. The maximum absolute atomic E-state index is 12.6. The minimum atomic E-state index is -0.0161. The van der Waals surface area contributed by atoms with Gasteiger partial charge >= 0.3 is 0 Å². The summed E-state index contributed by atoms with van der Waals surface area (Å²) in [6.07, 6.45) is 1.91. The summed E-state index contributed by atoms with van der Waals surface area (Å²) in [5, 5.41) is 5.67. The van der Waals surface area contributed by atoms with Crippen molar-refractivity contribution in [2.24, 2.45) is 0 Å². The van der Waals surface area contributed by atoms with Gasteiger partial charge in [-0.3, -0.25) is 9.69 Å². The van der Waals surface area contributed by atoms with Crippen LogP contribution in [0, 0.1) is 0 Å². The van der Waals surface area contributed by atoms with Crippen molar-refractivity contribution in [3.05, 3.63) is 77.4 Å². The highest BCUT2D eigenvalue weighted by atomic mass is 16.5. The number of piperidine rings is 1. The summed E-state index contributed by atoms with van der Waals surface area (Å²) in [4.78, 5) is 15.0. The van der Waals surface area contributed by atoms with E-state index in [4.69, 9.17) is 14.2 Å². The van der Waals surface area contributed by atoms with Crippen LogP contribution in [-0.2, 0) is 22.6 Å². The molecule has 6 heteroatoms. The molecule has 0 unspecified atom stereocenters. The summed E-state index contributed by atoms with van der Waals surface area (Å²) >= 11 is 0. The second kappa shape index (κ2) is 12.0. The Morgan fingerprint density at radius 2 is 1.62 bits per heavy atom. The molecule has 180 valence electrons. The molecule has 0 aromatic heterocycles. The van der Waals surface area contributed by atoms with Crippen molar-refractivity contribution in [1.82, 2.24) is 10.2 Å². The van der Waals surface area contributed by atoms with Gasteiger partial charge < -0.3 is 19.5 Å². The summed E-state index contributed by atoms with van der Waals surface area (Å²) in [5.74, 6) is 0.739. The molecule has 3 aromatic carbocycles. The largest absolute Gasteiger partial charge is 0.497 e. The van der Waals surface area contributed by atoms with Crippen LogP contribution in [0.1, 0.15) is 34.3 Å². The molecule has 4 rings (SSSR count). The number of nitrogens with one attached hydrogen (secondary N) is 1. The minimum absolute atomic E-state index is 0.0161. The molecule has 1 amide bonds. The van der Waals surface area contributed by atoms with Crippen molar-refractivity contribution in [3.8, 4) is 5.75 Å². The van der Waals surface area contributed by atoms with Crippen LogP contribution < -0.4 is 10.1 Å². The molecule has 0 radical (unpaired) electrons. The van der Waals surface area contributed by atoms with E-state index in [1.54, 1.807) is 26.4 Å². The number of ether oxygens (including phenoxy) is 3. The maximum Gasteiger partial charge on any atom is 0.251 e. The molecule has 1 aliphatic heterocycles. The lowest BCUT2D eigenvalue weighted by Gasteiger charge is -2.32. The van der Waals surface area contributed by atoms with Gasteiger partial charge in [0.1, 0.15) is 5.75 Å². The van der Waals surface area contributed by atoms with Crippen LogP contribution >= 0.6 is 0 Å². The predicted molar refractivity (Wildman–Crippen MR) is 134 cm³/mol. The Bertz CT molecular complexity index is 1080. The number of amides is 1. The molecule has 34 heavy (non-hydrogen) atoms. The quantitative estimate of drug-likeness (QED) is 0.453. The number of hydrogen-bond acceptors (Lipinski definition) is 5. The number of nitrogens with zero attached hydrogens (tertiary/aromatic N) is 1. The van der Waals surface area contributed by atoms with Crippen LogP contribution in [0.3, 0.4) is 0 Å². The van der Waals surface area contributed by atoms with Crippen molar-refractivity contribution in [3.63, 3.8) is 0 Å². The Hall–Kier alpha value is -2.93. The van der Waals surface area contributed by atoms with Crippen molar-refractivity contribution < 1.29 is 19.0 Å². The summed E-state index contributed by atoms with van der Waals surface area (Å²) in [7, 11) is 3.31. The standard InChI is InChI=1S/C28H34N2O4/c1-32-15-16-34-20-22-4-6-23-5-3-21(17-25(23)18-22)19-30-13-11-26(12-14-30)29-28(31)24-7-9-27(33-2)10-8-24/h3-10,17-18,26H,11-16,19-20H2,1-2H3,(H,29,31). The second-order valence-corrected chi connectivity index (χ2v) is 8.81. The third-order valence-electron chi connectivity index (χ3n) is 6.35. The van der Waals surface area contributed by atoms with Gasteiger partial charge in [0, 0.05) is 38.3 Å². The highest BCUT2D eigenvalue weighted by Gasteiger charge is 2.21. The van der Waals surface area contributed by atoms with E-state index >= 15 is 0 Å². The summed E-state index contributed by atoms with van der Waals surface area (Å²) in [6.45, 7) is 4.67. The molecule has 0 bridgehead atoms. The van der Waals surface area contributed by atoms with E-state index in [9.17, 15) is 4.79 Å². The molecule has 6 nitrogen and oxygen atoms in total. The van der Waals surface area contributed by atoms with E-state index in [0.717, 1.165) is 38.2 Å². The van der Waals surface area contributed by atoms with E-state index in [1.807, 2.05) is 12.1 Å². The first-order chi connectivity index (χ1) is 16.6. The fourth-order valence-electron chi connectivity index (χ4n) is 4.37. The van der Waals surface area contributed by atoms with E-state index in [0.29, 0.717) is 25.4 Å². The van der Waals surface area contributed by atoms with Crippen LogP contribution in [0.25, 0.3) is 10.8 Å². The van der Waals surface area contributed by atoms with Crippen LogP contribution in [0.4, 0.5) is 0 Å². The maximum atomic E-state index is 12.6.